The molecule has 1 heterocycles. The molecule has 0 amide bonds. The Balaban J connectivity index is 2.46. The van der Waals surface area contributed by atoms with Crippen molar-refractivity contribution in [3.8, 4) is 30.3 Å². The zero-order valence-corrected chi connectivity index (χ0v) is 25.2. The first kappa shape index (κ1) is 39.8. The molecule has 0 atom stereocenters. The van der Waals surface area contributed by atoms with Gasteiger partial charge in [-0.05, 0) is 0 Å². The predicted octanol–water partition coefficient (Wildman–Crippen LogP) is 8.73. The number of benzene rings is 2. The normalized spacial score (nSPS) is 14.7. The number of allylic oxidation sites excluding steroid dienone is 6. The Kier molecular flexibility index (Phi) is 9.77. The second kappa shape index (κ2) is 13.2. The molecule has 0 saturated heterocycles. The second-order valence-electron chi connectivity index (χ2n) is 10.3. The van der Waals surface area contributed by atoms with Crippen molar-refractivity contribution in [1.82, 2.24) is 9.97 Å². The highest BCUT2D eigenvalue weighted by atomic mass is 19.4. The molecule has 1 aliphatic carbocycles. The lowest BCUT2D eigenvalue weighted by Crippen LogP contribution is -2.25. The lowest BCUT2D eigenvalue weighted by atomic mass is 9.98. The van der Waals surface area contributed by atoms with Crippen molar-refractivity contribution >= 4 is 16.7 Å². The largest absolute Gasteiger partial charge is 0.434 e. The van der Waals surface area contributed by atoms with Gasteiger partial charge in [0.15, 0.2) is 63.8 Å². The molecule has 0 unspecified atom stereocenters. The van der Waals surface area contributed by atoms with Crippen LogP contribution in [0.1, 0.15) is 52.0 Å². The van der Waals surface area contributed by atoms with E-state index in [-0.39, 0.29) is 6.92 Å². The summed E-state index contributed by atoms with van der Waals surface area (Å²) in [6.45, 7) is -0.259. The van der Waals surface area contributed by atoms with Gasteiger partial charge in [0.2, 0.25) is 0 Å². The van der Waals surface area contributed by atoms with Gasteiger partial charge in [-0.25, -0.2) is 45.1 Å². The number of hydrogen-bond acceptors (Lipinski definition) is 7. The van der Waals surface area contributed by atoms with Crippen molar-refractivity contribution in [2.24, 2.45) is 0 Å². The van der Waals surface area contributed by atoms with Gasteiger partial charge in [0.25, 0.3) is 0 Å². The summed E-state index contributed by atoms with van der Waals surface area (Å²) in [5, 5.41) is 47.4. The van der Waals surface area contributed by atoms with Gasteiger partial charge in [-0.1, -0.05) is 0 Å². The van der Waals surface area contributed by atoms with Gasteiger partial charge in [0, 0.05) is 23.6 Å². The van der Waals surface area contributed by atoms with Crippen LogP contribution in [0.2, 0.25) is 0 Å². The highest BCUT2D eigenvalue weighted by molar-refractivity contribution is 6.12. The predicted molar refractivity (Wildman–Crippen MR) is 141 cm³/mol. The lowest BCUT2D eigenvalue weighted by Gasteiger charge is -2.19. The minimum Gasteiger partial charge on any atom is -0.222 e. The summed E-state index contributed by atoms with van der Waals surface area (Å²) in [4.78, 5) is 4.75. The topological polar surface area (TPSA) is 145 Å². The molecular formula is C31H3F16N7. The zero-order chi connectivity index (χ0) is 41.2. The first-order chi connectivity index (χ1) is 24.9. The van der Waals surface area contributed by atoms with E-state index in [1.165, 1.54) is 0 Å². The standard InChI is InChI=1S/C31H3F16N7/c1-29(40,41)28-53-26(30(42,43)44)17(27(54-28)31(45,46)47)9(4-50)14-12(7(2-48)15-22(36)18(32)10(5-51)19(33)23(15)37)13(14)8(3-49)16-24(38)20(34)11(6-52)21(35)25(16)39/h1H3. The second-order valence-corrected chi connectivity index (χ2v) is 10.3. The number of nitriles is 5. The molecule has 1 aromatic heterocycles. The fourth-order valence-corrected chi connectivity index (χ4v) is 4.85. The molecule has 0 N–H and O–H groups in total. The Labute approximate surface area is 287 Å². The summed E-state index contributed by atoms with van der Waals surface area (Å²) in [5.41, 5.74) is -28.8. The van der Waals surface area contributed by atoms with Gasteiger partial charge in [-0.15, -0.1) is 0 Å². The van der Waals surface area contributed by atoms with Crippen molar-refractivity contribution in [3.63, 3.8) is 0 Å². The van der Waals surface area contributed by atoms with E-state index >= 15 is 17.6 Å². The third-order valence-corrected chi connectivity index (χ3v) is 7.11. The van der Waals surface area contributed by atoms with Crippen LogP contribution in [-0.2, 0) is 18.3 Å². The van der Waals surface area contributed by atoms with Gasteiger partial charge in [-0.2, -0.15) is 61.4 Å². The summed E-state index contributed by atoms with van der Waals surface area (Å²) < 4.78 is 233. The third-order valence-electron chi connectivity index (χ3n) is 7.11. The van der Waals surface area contributed by atoms with Crippen LogP contribution in [0.4, 0.5) is 70.2 Å². The molecule has 7 nitrogen and oxygen atoms in total. The van der Waals surface area contributed by atoms with Gasteiger partial charge in [0.1, 0.15) is 41.5 Å². The van der Waals surface area contributed by atoms with Crippen molar-refractivity contribution in [3.05, 3.63) is 108 Å². The summed E-state index contributed by atoms with van der Waals surface area (Å²) >= 11 is 0. The maximum Gasteiger partial charge on any atom is 0.434 e. The quantitative estimate of drug-likeness (QED) is 0.146. The Hall–Kier alpha value is -6.93. The molecule has 0 aliphatic heterocycles. The fraction of sp³-hybridized carbons (Fsp3) is 0.129. The molecule has 0 spiro atoms. The fourth-order valence-electron chi connectivity index (χ4n) is 4.85. The SMILES string of the molecule is CC(F)(F)c1nc(C(F)(F)F)c(C(C#N)=C2C(=C(C#N)c3c(F)c(F)c(C#N)c(F)c3F)C2=C(C#N)c2c(F)c(F)c(C#N)c(F)c2F)c(C(F)(F)F)n1. The van der Waals surface area contributed by atoms with Crippen LogP contribution in [0, 0.1) is 103 Å². The van der Waals surface area contributed by atoms with Crippen molar-refractivity contribution < 1.29 is 70.2 Å². The Morgan fingerprint density at radius 3 is 0.907 bits per heavy atom. The third kappa shape index (κ3) is 6.17. The van der Waals surface area contributed by atoms with E-state index in [0.29, 0.717) is 18.2 Å². The molecule has 2 aromatic carbocycles. The van der Waals surface area contributed by atoms with Crippen LogP contribution in [0.15, 0.2) is 16.7 Å². The first-order valence-electron chi connectivity index (χ1n) is 13.3. The average molecular weight is 777 g/mol. The minimum absolute atomic E-state index is 0.259. The van der Waals surface area contributed by atoms with E-state index < -0.39 is 143 Å². The van der Waals surface area contributed by atoms with Gasteiger partial charge in [-0.3, -0.25) is 0 Å². The van der Waals surface area contributed by atoms with Crippen LogP contribution in [0.25, 0.3) is 16.7 Å². The Morgan fingerprint density at radius 2 is 0.704 bits per heavy atom. The van der Waals surface area contributed by atoms with Crippen LogP contribution in [-0.4, -0.2) is 9.97 Å². The summed E-state index contributed by atoms with van der Waals surface area (Å²) in [6, 6.07) is 3.68. The molecule has 0 bridgehead atoms. The number of nitrogens with zero attached hydrogens (tertiary/aromatic N) is 7. The molecule has 1 saturated carbocycles. The van der Waals surface area contributed by atoms with Crippen LogP contribution in [0.5, 0.6) is 0 Å². The molecule has 54 heavy (non-hydrogen) atoms. The van der Waals surface area contributed by atoms with E-state index in [0.717, 1.165) is 12.1 Å². The molecule has 4 rings (SSSR count). The number of aromatic nitrogens is 2. The maximum atomic E-state index is 15.2. The summed E-state index contributed by atoms with van der Waals surface area (Å²) in [6.07, 6.45) is -12.6. The van der Waals surface area contributed by atoms with Crippen molar-refractivity contribution in [1.29, 1.82) is 26.3 Å². The zero-order valence-electron chi connectivity index (χ0n) is 25.2. The summed E-state index contributed by atoms with van der Waals surface area (Å²) in [5.74, 6) is -28.3. The lowest BCUT2D eigenvalue weighted by molar-refractivity contribution is -0.149. The van der Waals surface area contributed by atoms with E-state index in [2.05, 4.69) is 9.97 Å². The molecule has 1 fully saturated rings. The number of alkyl halides is 8. The van der Waals surface area contributed by atoms with Crippen LogP contribution in [0.3, 0.4) is 0 Å². The van der Waals surface area contributed by atoms with Crippen molar-refractivity contribution in [2.75, 3.05) is 0 Å². The highest BCUT2D eigenvalue weighted by Crippen LogP contribution is 2.58. The van der Waals surface area contributed by atoms with Crippen LogP contribution >= 0.6 is 0 Å². The molecule has 274 valence electrons. The number of hydrogen-bond donors (Lipinski definition) is 0. The minimum atomic E-state index is -6.28. The highest BCUT2D eigenvalue weighted by Gasteiger charge is 2.51. The van der Waals surface area contributed by atoms with Gasteiger partial charge >= 0.3 is 18.3 Å². The molecule has 1 aliphatic rings. The maximum absolute atomic E-state index is 15.2. The van der Waals surface area contributed by atoms with Crippen molar-refractivity contribution in [2.45, 2.75) is 25.2 Å². The van der Waals surface area contributed by atoms with Gasteiger partial charge in [0.05, 0.1) is 33.4 Å². The number of halogens is 16. The van der Waals surface area contributed by atoms with E-state index in [1.807, 2.05) is 0 Å². The molecule has 3 aromatic rings. The molecule has 23 heteroatoms. The smallest absolute Gasteiger partial charge is 0.222 e. The average Bonchev–Trinajstić information content (AvgIpc) is 3.79. The Bertz CT molecular complexity index is 2330. The monoisotopic (exact) mass is 777 g/mol. The first-order valence-corrected chi connectivity index (χ1v) is 13.3. The van der Waals surface area contributed by atoms with Crippen LogP contribution < -0.4 is 0 Å². The van der Waals surface area contributed by atoms with E-state index in [9.17, 15) is 68.5 Å². The van der Waals surface area contributed by atoms with Gasteiger partial charge < -0.3 is 0 Å². The Morgan fingerprint density at radius 1 is 0.444 bits per heavy atom. The van der Waals surface area contributed by atoms with E-state index in [4.69, 9.17) is 10.5 Å². The summed E-state index contributed by atoms with van der Waals surface area (Å²) in [7, 11) is 0. The molecular weight excluding hydrogens is 774 g/mol. The van der Waals surface area contributed by atoms with E-state index in [1.54, 1.807) is 0 Å². The number of rotatable bonds is 4. The molecule has 0 radical (unpaired) electrons.